The van der Waals surface area contributed by atoms with Crippen LogP contribution in [-0.2, 0) is 20.4 Å². The Morgan fingerprint density at radius 1 is 1.08 bits per heavy atom. The van der Waals surface area contributed by atoms with Crippen LogP contribution < -0.4 is 9.46 Å². The summed E-state index contributed by atoms with van der Waals surface area (Å²) in [5, 5.41) is 0. The van der Waals surface area contributed by atoms with Crippen LogP contribution in [0.2, 0.25) is 0 Å². The number of cyclic esters (lactones) is 1. The van der Waals surface area contributed by atoms with Crippen LogP contribution in [-0.4, -0.2) is 50.9 Å². The number of nitrogens with zero attached hydrogens (tertiary/aromatic N) is 2. The predicted octanol–water partition coefficient (Wildman–Crippen LogP) is 4.89. The van der Waals surface area contributed by atoms with Gasteiger partial charge in [-0.15, -0.1) is 0 Å². The Kier molecular flexibility index (Phi) is 8.14. The number of nitrogens with one attached hydrogen (secondary N) is 1. The molecular weight excluding hydrogens is 490 g/mol. The monoisotopic (exact) mass is 523 g/mol. The maximum Gasteiger partial charge on any atom is 0.411 e. The standard InChI is InChI=1S/C28H33N3O5S/c1-21(22-10-12-23(13-11-22)24-14-15-26(35-2)29-20-24)31-19-17-28(36-27(31)32,25-8-5-4-6-9-25)16-7-18-30-37(3,33)34/h4-6,8-15,20-21,30H,7,16-19H2,1-3H3/t21-,28?/m0/s1. The molecule has 1 fully saturated rings. The SMILES string of the molecule is COc1ccc(-c2ccc([C@H](C)N3CCC(CCCNS(C)(=O)=O)(c4ccccc4)OC3=O)cc2)cn1. The van der Waals surface area contributed by atoms with Crippen LogP contribution in [0.1, 0.15) is 43.4 Å². The van der Waals surface area contributed by atoms with E-state index in [1.807, 2.05) is 73.7 Å². The van der Waals surface area contributed by atoms with E-state index in [0.29, 0.717) is 38.2 Å². The van der Waals surface area contributed by atoms with Crippen LogP contribution in [0.3, 0.4) is 0 Å². The summed E-state index contributed by atoms with van der Waals surface area (Å²) in [6.45, 7) is 2.82. The van der Waals surface area contributed by atoms with Crippen molar-refractivity contribution in [2.75, 3.05) is 26.5 Å². The molecule has 2 atom stereocenters. The molecule has 1 N–H and O–H groups in total. The fourth-order valence-electron chi connectivity index (χ4n) is 4.72. The summed E-state index contributed by atoms with van der Waals surface area (Å²) in [4.78, 5) is 19.3. The van der Waals surface area contributed by atoms with Crippen molar-refractivity contribution in [1.82, 2.24) is 14.6 Å². The molecule has 0 aliphatic carbocycles. The number of amides is 1. The minimum absolute atomic E-state index is 0.170. The summed E-state index contributed by atoms with van der Waals surface area (Å²) in [7, 11) is -1.68. The van der Waals surface area contributed by atoms with E-state index in [9.17, 15) is 13.2 Å². The molecule has 1 aromatic heterocycles. The number of hydrogen-bond donors (Lipinski definition) is 1. The lowest BCUT2D eigenvalue weighted by molar-refractivity contribution is -0.0662. The maximum atomic E-state index is 13.3. The molecule has 3 aromatic rings. The molecule has 1 unspecified atom stereocenters. The van der Waals surface area contributed by atoms with Crippen molar-refractivity contribution in [3.05, 3.63) is 84.1 Å². The number of benzene rings is 2. The summed E-state index contributed by atoms with van der Waals surface area (Å²) in [6.07, 6.45) is 4.22. The normalized spacial score (nSPS) is 18.8. The molecule has 8 nitrogen and oxygen atoms in total. The highest BCUT2D eigenvalue weighted by Crippen LogP contribution is 2.40. The van der Waals surface area contributed by atoms with Gasteiger partial charge >= 0.3 is 6.09 Å². The third kappa shape index (κ3) is 6.47. The van der Waals surface area contributed by atoms with Gasteiger partial charge in [-0.1, -0.05) is 54.6 Å². The molecule has 0 radical (unpaired) electrons. The van der Waals surface area contributed by atoms with Gasteiger partial charge in [0, 0.05) is 37.3 Å². The second kappa shape index (κ2) is 11.3. The van der Waals surface area contributed by atoms with E-state index < -0.39 is 15.6 Å². The molecule has 1 amide bonds. The molecular formula is C28H33N3O5S. The van der Waals surface area contributed by atoms with Crippen LogP contribution in [0, 0.1) is 0 Å². The summed E-state index contributed by atoms with van der Waals surface area (Å²) in [5.74, 6) is 0.566. The summed E-state index contributed by atoms with van der Waals surface area (Å²) < 4.78 is 36.7. The topological polar surface area (TPSA) is 97.8 Å². The molecule has 1 saturated heterocycles. The molecule has 1 aliphatic rings. The van der Waals surface area contributed by atoms with Crippen LogP contribution in [0.4, 0.5) is 4.79 Å². The molecule has 2 aromatic carbocycles. The average Bonchev–Trinajstić information content (AvgIpc) is 2.91. The average molecular weight is 524 g/mol. The first-order chi connectivity index (χ1) is 17.7. The van der Waals surface area contributed by atoms with Crippen LogP contribution in [0.25, 0.3) is 11.1 Å². The largest absolute Gasteiger partial charge is 0.481 e. The number of pyridine rings is 1. The molecule has 196 valence electrons. The van der Waals surface area contributed by atoms with Gasteiger partial charge in [0.05, 0.1) is 19.4 Å². The van der Waals surface area contributed by atoms with E-state index in [1.54, 1.807) is 18.2 Å². The Balaban J connectivity index is 1.46. The zero-order chi connectivity index (χ0) is 26.5. The van der Waals surface area contributed by atoms with Gasteiger partial charge in [-0.05, 0) is 42.5 Å². The van der Waals surface area contributed by atoms with Gasteiger partial charge in [-0.25, -0.2) is 22.9 Å². The minimum atomic E-state index is -3.27. The number of carbonyl (C=O) groups excluding carboxylic acids is 1. The van der Waals surface area contributed by atoms with Crippen molar-refractivity contribution in [3.63, 3.8) is 0 Å². The Labute approximate surface area is 218 Å². The van der Waals surface area contributed by atoms with Crippen molar-refractivity contribution in [2.24, 2.45) is 0 Å². The zero-order valence-electron chi connectivity index (χ0n) is 21.4. The number of rotatable bonds is 10. The molecule has 0 saturated carbocycles. The first-order valence-electron chi connectivity index (χ1n) is 12.3. The number of aromatic nitrogens is 1. The first kappa shape index (κ1) is 26.6. The lowest BCUT2D eigenvalue weighted by Gasteiger charge is -2.43. The van der Waals surface area contributed by atoms with E-state index in [0.717, 1.165) is 28.5 Å². The highest BCUT2D eigenvalue weighted by Gasteiger charge is 2.43. The second-order valence-corrected chi connectivity index (χ2v) is 11.2. The smallest absolute Gasteiger partial charge is 0.411 e. The number of hydrogen-bond acceptors (Lipinski definition) is 6. The highest BCUT2D eigenvalue weighted by molar-refractivity contribution is 7.88. The van der Waals surface area contributed by atoms with Gasteiger partial charge in [-0.3, -0.25) is 0 Å². The molecule has 37 heavy (non-hydrogen) atoms. The Morgan fingerprint density at radius 3 is 2.38 bits per heavy atom. The number of methoxy groups -OCH3 is 1. The summed E-state index contributed by atoms with van der Waals surface area (Å²) in [5.41, 5.74) is 3.15. The van der Waals surface area contributed by atoms with Gasteiger partial charge in [0.2, 0.25) is 15.9 Å². The van der Waals surface area contributed by atoms with Gasteiger partial charge < -0.3 is 14.4 Å². The van der Waals surface area contributed by atoms with E-state index in [1.165, 1.54) is 0 Å². The molecule has 9 heteroatoms. The van der Waals surface area contributed by atoms with E-state index in [4.69, 9.17) is 9.47 Å². The van der Waals surface area contributed by atoms with Gasteiger partial charge in [-0.2, -0.15) is 0 Å². The Hall–Kier alpha value is -3.43. The van der Waals surface area contributed by atoms with Gasteiger partial charge in [0.1, 0.15) is 5.60 Å². The number of ether oxygens (including phenoxy) is 2. The van der Waals surface area contributed by atoms with Crippen molar-refractivity contribution in [2.45, 2.75) is 37.8 Å². The van der Waals surface area contributed by atoms with Gasteiger partial charge in [0.25, 0.3) is 0 Å². The summed E-state index contributed by atoms with van der Waals surface area (Å²) in [6, 6.07) is 21.4. The van der Waals surface area contributed by atoms with Crippen LogP contribution in [0.15, 0.2) is 72.9 Å². The van der Waals surface area contributed by atoms with Crippen molar-refractivity contribution in [3.8, 4) is 17.0 Å². The molecule has 1 aliphatic heterocycles. The second-order valence-electron chi connectivity index (χ2n) is 9.33. The lowest BCUT2D eigenvalue weighted by Crippen LogP contribution is -2.49. The highest BCUT2D eigenvalue weighted by atomic mass is 32.2. The quantitative estimate of drug-likeness (QED) is 0.380. The van der Waals surface area contributed by atoms with Crippen molar-refractivity contribution >= 4 is 16.1 Å². The maximum absolute atomic E-state index is 13.3. The third-order valence-electron chi connectivity index (χ3n) is 6.83. The van der Waals surface area contributed by atoms with Crippen molar-refractivity contribution in [1.29, 1.82) is 0 Å². The fraction of sp³-hybridized carbons (Fsp3) is 0.357. The number of sulfonamides is 1. The van der Waals surface area contributed by atoms with Crippen molar-refractivity contribution < 1.29 is 22.7 Å². The minimum Gasteiger partial charge on any atom is -0.481 e. The van der Waals surface area contributed by atoms with E-state index in [-0.39, 0.29) is 12.1 Å². The Bertz CT molecular complexity index is 1300. The first-order valence-corrected chi connectivity index (χ1v) is 14.2. The molecule has 0 bridgehead atoms. The summed E-state index contributed by atoms with van der Waals surface area (Å²) >= 11 is 0. The zero-order valence-corrected chi connectivity index (χ0v) is 22.2. The van der Waals surface area contributed by atoms with Gasteiger partial charge in [0.15, 0.2) is 0 Å². The van der Waals surface area contributed by atoms with Crippen LogP contribution >= 0.6 is 0 Å². The molecule has 4 rings (SSSR count). The molecule has 0 spiro atoms. The predicted molar refractivity (Wildman–Crippen MR) is 143 cm³/mol. The fourth-order valence-corrected chi connectivity index (χ4v) is 5.24. The van der Waals surface area contributed by atoms with E-state index >= 15 is 0 Å². The lowest BCUT2D eigenvalue weighted by atomic mass is 9.84. The number of carbonyl (C=O) groups is 1. The van der Waals surface area contributed by atoms with E-state index in [2.05, 4.69) is 9.71 Å². The molecule has 2 heterocycles. The van der Waals surface area contributed by atoms with Crippen LogP contribution in [0.5, 0.6) is 5.88 Å². The third-order valence-corrected chi connectivity index (χ3v) is 7.56. The Morgan fingerprint density at radius 2 is 1.78 bits per heavy atom.